The molecule has 0 radical (unpaired) electrons. The van der Waals surface area contributed by atoms with Gasteiger partial charge in [-0.3, -0.25) is 4.68 Å². The van der Waals surface area contributed by atoms with E-state index < -0.39 is 0 Å². The normalized spacial score (nSPS) is 10.3. The van der Waals surface area contributed by atoms with Gasteiger partial charge in [0.1, 0.15) is 6.33 Å². The van der Waals surface area contributed by atoms with Crippen molar-refractivity contribution in [3.63, 3.8) is 0 Å². The van der Waals surface area contributed by atoms with Gasteiger partial charge >= 0.3 is 0 Å². The zero-order valence-electron chi connectivity index (χ0n) is 9.30. The van der Waals surface area contributed by atoms with E-state index in [1.165, 1.54) is 6.33 Å². The lowest BCUT2D eigenvalue weighted by molar-refractivity contribution is 0.602. The summed E-state index contributed by atoms with van der Waals surface area (Å²) in [5.41, 5.74) is 2.09. The van der Waals surface area contributed by atoms with Gasteiger partial charge in [-0.25, -0.2) is 9.97 Å². The summed E-state index contributed by atoms with van der Waals surface area (Å²) in [6.07, 6.45) is 10.1. The minimum atomic E-state index is 0.747. The van der Waals surface area contributed by atoms with Crippen molar-refractivity contribution in [2.75, 3.05) is 5.32 Å². The first kappa shape index (κ1) is 10.6. The summed E-state index contributed by atoms with van der Waals surface area (Å²) in [5.74, 6) is 0. The lowest BCUT2D eigenvalue weighted by Crippen LogP contribution is -1.99. The minimum absolute atomic E-state index is 0.747. The van der Waals surface area contributed by atoms with Gasteiger partial charge in [-0.05, 0) is 6.42 Å². The molecule has 0 atom stereocenters. The largest absolute Gasteiger partial charge is 0.378 e. The summed E-state index contributed by atoms with van der Waals surface area (Å²) in [6, 6.07) is 0. The van der Waals surface area contributed by atoms with Crippen molar-refractivity contribution < 1.29 is 0 Å². The molecule has 5 heteroatoms. The third-order valence-corrected chi connectivity index (χ3v) is 2.20. The molecule has 5 nitrogen and oxygen atoms in total. The number of rotatable bonds is 5. The minimum Gasteiger partial charge on any atom is -0.378 e. The van der Waals surface area contributed by atoms with Crippen LogP contribution in [0.15, 0.2) is 31.1 Å². The Morgan fingerprint density at radius 3 is 2.81 bits per heavy atom. The number of aryl methyl sites for hydroxylation is 1. The van der Waals surface area contributed by atoms with Crippen LogP contribution < -0.4 is 5.32 Å². The molecule has 0 aliphatic carbocycles. The summed E-state index contributed by atoms with van der Waals surface area (Å²) in [5, 5.41) is 7.50. The van der Waals surface area contributed by atoms with Gasteiger partial charge < -0.3 is 5.32 Å². The van der Waals surface area contributed by atoms with Crippen LogP contribution in [0.2, 0.25) is 0 Å². The van der Waals surface area contributed by atoms with E-state index in [4.69, 9.17) is 0 Å². The fraction of sp³-hybridized carbons (Fsp3) is 0.364. The van der Waals surface area contributed by atoms with Crippen molar-refractivity contribution >= 4 is 5.69 Å². The number of hydrogen-bond donors (Lipinski definition) is 1. The summed E-state index contributed by atoms with van der Waals surface area (Å²) in [7, 11) is 0. The highest BCUT2D eigenvalue weighted by Gasteiger charge is 1.98. The number of hydrogen-bond acceptors (Lipinski definition) is 4. The highest BCUT2D eigenvalue weighted by atomic mass is 15.3. The third-order valence-electron chi connectivity index (χ3n) is 2.20. The first-order valence-corrected chi connectivity index (χ1v) is 5.38. The Labute approximate surface area is 94.5 Å². The van der Waals surface area contributed by atoms with Crippen molar-refractivity contribution in [2.24, 2.45) is 0 Å². The van der Waals surface area contributed by atoms with E-state index >= 15 is 0 Å². The van der Waals surface area contributed by atoms with Crippen LogP contribution in [0, 0.1) is 0 Å². The predicted octanol–water partition coefficient (Wildman–Crippen LogP) is 1.70. The van der Waals surface area contributed by atoms with Crippen molar-refractivity contribution in [1.82, 2.24) is 19.7 Å². The van der Waals surface area contributed by atoms with Crippen molar-refractivity contribution in [1.29, 1.82) is 0 Å². The molecule has 1 N–H and O–H groups in total. The molecular formula is C11H15N5. The Hall–Kier alpha value is -1.91. The molecule has 0 aliphatic heterocycles. The molecule has 0 spiro atoms. The van der Waals surface area contributed by atoms with Crippen LogP contribution in [0.4, 0.5) is 5.69 Å². The Morgan fingerprint density at radius 1 is 1.25 bits per heavy atom. The quantitative estimate of drug-likeness (QED) is 0.828. The fourth-order valence-corrected chi connectivity index (χ4v) is 1.44. The van der Waals surface area contributed by atoms with E-state index in [0.717, 1.165) is 30.8 Å². The van der Waals surface area contributed by atoms with E-state index in [2.05, 4.69) is 33.5 Å². The zero-order chi connectivity index (χ0) is 11.2. The van der Waals surface area contributed by atoms with Gasteiger partial charge in [-0.15, -0.1) is 0 Å². The van der Waals surface area contributed by atoms with Crippen LogP contribution in [0.3, 0.4) is 0 Å². The lowest BCUT2D eigenvalue weighted by Gasteiger charge is -2.02. The van der Waals surface area contributed by atoms with E-state index in [1.807, 2.05) is 10.9 Å². The van der Waals surface area contributed by atoms with Crippen molar-refractivity contribution in [3.8, 4) is 0 Å². The maximum Gasteiger partial charge on any atom is 0.115 e. The molecule has 2 heterocycles. The molecule has 16 heavy (non-hydrogen) atoms. The molecule has 0 saturated heterocycles. The predicted molar refractivity (Wildman–Crippen MR) is 61.9 cm³/mol. The molecule has 0 aromatic carbocycles. The smallest absolute Gasteiger partial charge is 0.115 e. The molecule has 0 fully saturated rings. The maximum absolute atomic E-state index is 4.26. The standard InChI is InChI=1S/C11H15N5/c1-2-3-16-8-10(5-15-16)4-14-11-6-12-9-13-7-11/h5-9,14H,2-4H2,1H3. The molecule has 84 valence electrons. The molecular weight excluding hydrogens is 202 g/mol. The van der Waals surface area contributed by atoms with Gasteiger partial charge in [0.25, 0.3) is 0 Å². The van der Waals surface area contributed by atoms with Crippen molar-refractivity contribution in [3.05, 3.63) is 36.7 Å². The third kappa shape index (κ3) is 2.79. The van der Waals surface area contributed by atoms with Crippen LogP contribution in [-0.4, -0.2) is 19.7 Å². The molecule has 2 aromatic rings. The molecule has 2 rings (SSSR count). The van der Waals surface area contributed by atoms with Gasteiger partial charge in [0.15, 0.2) is 0 Å². The summed E-state index contributed by atoms with van der Waals surface area (Å²) in [6.45, 7) is 3.85. The Kier molecular flexibility index (Phi) is 3.48. The van der Waals surface area contributed by atoms with Gasteiger partial charge in [0.2, 0.25) is 0 Å². The number of anilines is 1. The highest BCUT2D eigenvalue weighted by Crippen LogP contribution is 2.05. The molecule has 0 bridgehead atoms. The Balaban J connectivity index is 1.89. The zero-order valence-corrected chi connectivity index (χ0v) is 9.30. The van der Waals surface area contributed by atoms with Crippen LogP contribution in [0.25, 0.3) is 0 Å². The highest BCUT2D eigenvalue weighted by molar-refractivity contribution is 5.37. The van der Waals surface area contributed by atoms with Crippen LogP contribution in [0.5, 0.6) is 0 Å². The average molecular weight is 217 g/mol. The number of nitrogens with one attached hydrogen (secondary N) is 1. The SMILES string of the molecule is CCCn1cc(CNc2cncnc2)cn1. The first-order chi connectivity index (χ1) is 7.88. The fourth-order valence-electron chi connectivity index (χ4n) is 1.44. The number of nitrogens with zero attached hydrogens (tertiary/aromatic N) is 4. The van der Waals surface area contributed by atoms with E-state index in [9.17, 15) is 0 Å². The van der Waals surface area contributed by atoms with E-state index in [0.29, 0.717) is 0 Å². The lowest BCUT2D eigenvalue weighted by atomic mass is 10.3. The monoisotopic (exact) mass is 217 g/mol. The summed E-state index contributed by atoms with van der Waals surface area (Å²) >= 11 is 0. The van der Waals surface area contributed by atoms with Crippen LogP contribution in [0.1, 0.15) is 18.9 Å². The molecule has 2 aromatic heterocycles. The summed E-state index contributed by atoms with van der Waals surface area (Å²) in [4.78, 5) is 7.87. The second-order valence-electron chi connectivity index (χ2n) is 3.59. The molecule has 0 aliphatic rings. The molecule has 0 saturated carbocycles. The first-order valence-electron chi connectivity index (χ1n) is 5.38. The van der Waals surface area contributed by atoms with Crippen LogP contribution >= 0.6 is 0 Å². The van der Waals surface area contributed by atoms with E-state index in [-0.39, 0.29) is 0 Å². The van der Waals surface area contributed by atoms with Gasteiger partial charge in [0.05, 0.1) is 24.3 Å². The van der Waals surface area contributed by atoms with Gasteiger partial charge in [-0.1, -0.05) is 6.92 Å². The molecule has 0 unspecified atom stereocenters. The number of aromatic nitrogens is 4. The van der Waals surface area contributed by atoms with Gasteiger partial charge in [-0.2, -0.15) is 5.10 Å². The second kappa shape index (κ2) is 5.25. The van der Waals surface area contributed by atoms with Crippen molar-refractivity contribution in [2.45, 2.75) is 26.4 Å². The Bertz CT molecular complexity index is 423. The topological polar surface area (TPSA) is 55.6 Å². The second-order valence-corrected chi connectivity index (χ2v) is 3.59. The van der Waals surface area contributed by atoms with E-state index in [1.54, 1.807) is 12.4 Å². The summed E-state index contributed by atoms with van der Waals surface area (Å²) < 4.78 is 1.96. The maximum atomic E-state index is 4.26. The average Bonchev–Trinajstić information content (AvgIpc) is 2.76. The van der Waals surface area contributed by atoms with Crippen LogP contribution in [-0.2, 0) is 13.1 Å². The molecule has 0 amide bonds. The Morgan fingerprint density at radius 2 is 2.06 bits per heavy atom. The van der Waals surface area contributed by atoms with Gasteiger partial charge in [0, 0.05) is 24.8 Å².